The summed E-state index contributed by atoms with van der Waals surface area (Å²) < 4.78 is 5.79. The van der Waals surface area contributed by atoms with E-state index in [9.17, 15) is 4.79 Å². The predicted octanol–water partition coefficient (Wildman–Crippen LogP) is 2.74. The van der Waals surface area contributed by atoms with Gasteiger partial charge in [-0.1, -0.05) is 30.3 Å². The van der Waals surface area contributed by atoms with Gasteiger partial charge in [-0.25, -0.2) is 4.98 Å². The Labute approximate surface area is 146 Å². The molecule has 2 heterocycles. The standard InChI is InChI=1S/C18H23N3O2S/c1-14(15-6-4-3-5-7-15)20(2)17(22)13-21-9-10-23-16(12-21)18-19-8-11-24-18/h3-8,11,14,16H,9-10,12-13H2,1-2H3/t14-,16+/m1/s1. The summed E-state index contributed by atoms with van der Waals surface area (Å²) in [6.07, 6.45) is 1.77. The molecule has 0 aliphatic carbocycles. The molecule has 0 N–H and O–H groups in total. The lowest BCUT2D eigenvalue weighted by atomic mass is 10.1. The summed E-state index contributed by atoms with van der Waals surface area (Å²) in [6, 6.07) is 10.2. The van der Waals surface area contributed by atoms with Gasteiger partial charge >= 0.3 is 0 Å². The van der Waals surface area contributed by atoms with E-state index in [1.807, 2.05) is 35.5 Å². The van der Waals surface area contributed by atoms with Crippen LogP contribution < -0.4 is 0 Å². The van der Waals surface area contributed by atoms with Gasteiger partial charge in [0.05, 0.1) is 19.2 Å². The summed E-state index contributed by atoms with van der Waals surface area (Å²) in [5.74, 6) is 0.131. The second kappa shape index (κ2) is 7.88. The topological polar surface area (TPSA) is 45.7 Å². The lowest BCUT2D eigenvalue weighted by molar-refractivity contribution is -0.135. The third-order valence-corrected chi connectivity index (χ3v) is 5.36. The molecule has 1 amide bonds. The van der Waals surface area contributed by atoms with Gasteiger partial charge in [-0.15, -0.1) is 11.3 Å². The highest BCUT2D eigenvalue weighted by atomic mass is 32.1. The molecule has 1 aromatic heterocycles. The van der Waals surface area contributed by atoms with Crippen LogP contribution in [-0.4, -0.2) is 54.0 Å². The number of hydrogen-bond acceptors (Lipinski definition) is 5. The Hall–Kier alpha value is -1.76. The monoisotopic (exact) mass is 345 g/mol. The minimum atomic E-state index is -0.0246. The number of nitrogens with zero attached hydrogens (tertiary/aromatic N) is 3. The number of benzene rings is 1. The number of ether oxygens (including phenoxy) is 1. The predicted molar refractivity (Wildman–Crippen MR) is 94.9 cm³/mol. The van der Waals surface area contributed by atoms with Crippen LogP contribution in [0.25, 0.3) is 0 Å². The van der Waals surface area contributed by atoms with Crippen molar-refractivity contribution in [3.63, 3.8) is 0 Å². The summed E-state index contributed by atoms with van der Waals surface area (Å²) in [7, 11) is 1.87. The van der Waals surface area contributed by atoms with Gasteiger partial charge < -0.3 is 9.64 Å². The number of aromatic nitrogens is 1. The highest BCUT2D eigenvalue weighted by Crippen LogP contribution is 2.24. The molecule has 1 aliphatic rings. The molecule has 128 valence electrons. The largest absolute Gasteiger partial charge is 0.368 e. The maximum absolute atomic E-state index is 12.6. The number of likely N-dealkylation sites (N-methyl/N-ethyl adjacent to an activating group) is 1. The normalized spacial score (nSPS) is 19.8. The lowest BCUT2D eigenvalue weighted by Crippen LogP contribution is -2.45. The Kier molecular flexibility index (Phi) is 5.60. The van der Waals surface area contributed by atoms with Crippen molar-refractivity contribution in [3.8, 4) is 0 Å². The second-order valence-electron chi connectivity index (χ2n) is 6.06. The third-order valence-electron chi connectivity index (χ3n) is 4.49. The van der Waals surface area contributed by atoms with Crippen molar-refractivity contribution in [1.29, 1.82) is 0 Å². The average Bonchev–Trinajstić information content (AvgIpc) is 3.16. The quantitative estimate of drug-likeness (QED) is 0.836. The van der Waals surface area contributed by atoms with Crippen molar-refractivity contribution in [1.82, 2.24) is 14.8 Å². The maximum Gasteiger partial charge on any atom is 0.236 e. The molecule has 2 aromatic rings. The first kappa shape index (κ1) is 17.1. The van der Waals surface area contributed by atoms with E-state index < -0.39 is 0 Å². The molecule has 2 atom stereocenters. The minimum absolute atomic E-state index is 0.0246. The molecule has 3 rings (SSSR count). The Bertz CT molecular complexity index is 648. The molecule has 0 unspecified atom stereocenters. The Morgan fingerprint density at radius 2 is 2.25 bits per heavy atom. The number of morpholine rings is 1. The first-order chi connectivity index (χ1) is 11.6. The van der Waals surface area contributed by atoms with Crippen LogP contribution in [-0.2, 0) is 9.53 Å². The minimum Gasteiger partial charge on any atom is -0.368 e. The number of carbonyl (C=O) groups excluding carboxylic acids is 1. The van der Waals surface area contributed by atoms with Gasteiger partial charge in [-0.2, -0.15) is 0 Å². The van der Waals surface area contributed by atoms with E-state index in [-0.39, 0.29) is 18.1 Å². The van der Waals surface area contributed by atoms with Gasteiger partial charge in [0.1, 0.15) is 11.1 Å². The van der Waals surface area contributed by atoms with Gasteiger partial charge in [0.15, 0.2) is 0 Å². The van der Waals surface area contributed by atoms with E-state index >= 15 is 0 Å². The summed E-state index contributed by atoms with van der Waals surface area (Å²) in [5, 5.41) is 2.94. The summed E-state index contributed by atoms with van der Waals surface area (Å²) in [4.78, 5) is 21.0. The molecule has 1 aromatic carbocycles. The Morgan fingerprint density at radius 3 is 2.96 bits per heavy atom. The summed E-state index contributed by atoms with van der Waals surface area (Å²) >= 11 is 1.60. The van der Waals surface area contributed by atoms with Crippen LogP contribution in [0.1, 0.15) is 29.6 Å². The van der Waals surface area contributed by atoms with Crippen LogP contribution in [0, 0.1) is 0 Å². The van der Waals surface area contributed by atoms with E-state index in [4.69, 9.17) is 4.74 Å². The van der Waals surface area contributed by atoms with E-state index in [0.29, 0.717) is 19.7 Å². The fraction of sp³-hybridized carbons (Fsp3) is 0.444. The molecule has 1 saturated heterocycles. The maximum atomic E-state index is 12.6. The summed E-state index contributed by atoms with van der Waals surface area (Å²) in [6.45, 7) is 4.60. The van der Waals surface area contributed by atoms with Gasteiger partial charge in [0, 0.05) is 31.7 Å². The Balaban J connectivity index is 1.57. The lowest BCUT2D eigenvalue weighted by Gasteiger charge is -2.33. The molecule has 0 saturated carbocycles. The van der Waals surface area contributed by atoms with Crippen molar-refractivity contribution >= 4 is 17.2 Å². The van der Waals surface area contributed by atoms with Gasteiger partial charge in [0.2, 0.25) is 5.91 Å². The van der Waals surface area contributed by atoms with E-state index in [1.165, 1.54) is 0 Å². The van der Waals surface area contributed by atoms with E-state index in [0.717, 1.165) is 17.1 Å². The average molecular weight is 345 g/mol. The van der Waals surface area contributed by atoms with Crippen molar-refractivity contribution in [2.45, 2.75) is 19.1 Å². The molecule has 1 aliphatic heterocycles. The number of thiazole rings is 1. The SMILES string of the molecule is C[C@H](c1ccccc1)N(C)C(=O)CN1CCO[C@H](c2nccs2)C1. The van der Waals surface area contributed by atoms with Crippen molar-refractivity contribution < 1.29 is 9.53 Å². The van der Waals surface area contributed by atoms with Crippen LogP contribution in [0.3, 0.4) is 0 Å². The number of amides is 1. The first-order valence-electron chi connectivity index (χ1n) is 8.19. The summed E-state index contributed by atoms with van der Waals surface area (Å²) in [5.41, 5.74) is 1.15. The first-order valence-corrected chi connectivity index (χ1v) is 9.07. The molecule has 5 nitrogen and oxygen atoms in total. The third kappa shape index (κ3) is 4.01. The number of rotatable bonds is 5. The van der Waals surface area contributed by atoms with Gasteiger partial charge in [-0.3, -0.25) is 9.69 Å². The zero-order valence-corrected chi connectivity index (χ0v) is 14.9. The molecule has 0 bridgehead atoms. The Morgan fingerprint density at radius 1 is 1.46 bits per heavy atom. The number of hydrogen-bond donors (Lipinski definition) is 0. The molecule has 0 spiro atoms. The smallest absolute Gasteiger partial charge is 0.236 e. The fourth-order valence-corrected chi connectivity index (χ4v) is 3.54. The number of carbonyl (C=O) groups is 1. The second-order valence-corrected chi connectivity index (χ2v) is 6.98. The van der Waals surface area contributed by atoms with Crippen LogP contribution >= 0.6 is 11.3 Å². The van der Waals surface area contributed by atoms with Crippen molar-refractivity contribution in [2.24, 2.45) is 0 Å². The molecule has 6 heteroatoms. The van der Waals surface area contributed by atoms with Crippen molar-refractivity contribution in [3.05, 3.63) is 52.5 Å². The zero-order chi connectivity index (χ0) is 16.9. The van der Waals surface area contributed by atoms with Crippen LogP contribution in [0.4, 0.5) is 0 Å². The van der Waals surface area contributed by atoms with E-state index in [2.05, 4.69) is 28.9 Å². The van der Waals surface area contributed by atoms with Crippen LogP contribution in [0.2, 0.25) is 0 Å². The molecule has 1 fully saturated rings. The van der Waals surface area contributed by atoms with Gasteiger partial charge in [0.25, 0.3) is 0 Å². The molecular formula is C18H23N3O2S. The fourth-order valence-electron chi connectivity index (χ4n) is 2.86. The van der Waals surface area contributed by atoms with Crippen molar-refractivity contribution in [2.75, 3.05) is 33.3 Å². The van der Waals surface area contributed by atoms with Crippen LogP contribution in [0.15, 0.2) is 41.9 Å². The molecular weight excluding hydrogens is 322 g/mol. The molecule has 0 radical (unpaired) electrons. The van der Waals surface area contributed by atoms with Crippen LogP contribution in [0.5, 0.6) is 0 Å². The van der Waals surface area contributed by atoms with E-state index in [1.54, 1.807) is 17.5 Å². The highest BCUT2D eigenvalue weighted by molar-refractivity contribution is 7.09. The molecule has 24 heavy (non-hydrogen) atoms. The van der Waals surface area contributed by atoms with Gasteiger partial charge in [-0.05, 0) is 12.5 Å². The zero-order valence-electron chi connectivity index (χ0n) is 14.1. The highest BCUT2D eigenvalue weighted by Gasteiger charge is 2.27.